The molecule has 78 valence electrons. The lowest BCUT2D eigenvalue weighted by Crippen LogP contribution is -2.11. The largest absolute Gasteiger partial charge is 0.454 e. The zero-order chi connectivity index (χ0) is 10.4. The molecule has 1 heterocycles. The number of benzene rings is 1. The minimum absolute atomic E-state index is 0.151. The molecule has 2 aliphatic rings. The predicted octanol–water partition coefficient (Wildman–Crippen LogP) is 2.11. The van der Waals surface area contributed by atoms with E-state index < -0.39 is 6.10 Å². The van der Waals surface area contributed by atoms with Crippen LogP contribution in [0.3, 0.4) is 0 Å². The quantitative estimate of drug-likeness (QED) is 0.703. The Bertz CT molecular complexity index is 437. The van der Waals surface area contributed by atoms with Gasteiger partial charge in [-0.15, -0.1) is 0 Å². The van der Waals surface area contributed by atoms with Crippen LogP contribution in [0.15, 0.2) is 18.2 Å². The Morgan fingerprint density at radius 3 is 2.80 bits per heavy atom. The first kappa shape index (κ1) is 8.80. The normalized spacial score (nSPS) is 26.5. The molecule has 1 aliphatic carbocycles. The zero-order valence-corrected chi connectivity index (χ0v) is 8.43. The van der Waals surface area contributed by atoms with Crippen LogP contribution >= 0.6 is 0 Å². The van der Waals surface area contributed by atoms with E-state index in [0.717, 1.165) is 22.6 Å². The van der Waals surface area contributed by atoms with E-state index in [1.807, 2.05) is 31.2 Å². The average Bonchev–Trinajstić information content (AvgIpc) is 2.68. The Hall–Kier alpha value is -1.48. The minimum Gasteiger partial charge on any atom is -0.454 e. The molecule has 0 bridgehead atoms. The summed E-state index contributed by atoms with van der Waals surface area (Å²) >= 11 is 0. The number of aliphatic hydroxyl groups excluding tert-OH is 1. The van der Waals surface area contributed by atoms with Gasteiger partial charge in [-0.1, -0.05) is 19.1 Å². The highest BCUT2D eigenvalue weighted by molar-refractivity contribution is 5.63. The topological polar surface area (TPSA) is 38.7 Å². The maximum atomic E-state index is 10.0. The molecule has 0 unspecified atom stereocenters. The highest BCUT2D eigenvalue weighted by Crippen LogP contribution is 2.41. The number of aliphatic hydroxyl groups is 1. The summed E-state index contributed by atoms with van der Waals surface area (Å²) in [5, 5.41) is 10.0. The smallest absolute Gasteiger partial charge is 0.231 e. The van der Waals surface area contributed by atoms with Crippen molar-refractivity contribution in [1.29, 1.82) is 0 Å². The number of rotatable bonds is 0. The molecule has 3 rings (SSSR count). The van der Waals surface area contributed by atoms with Crippen molar-refractivity contribution in [3.8, 4) is 11.5 Å². The Kier molecular flexibility index (Phi) is 1.76. The molecule has 1 N–H and O–H groups in total. The molecular weight excluding hydrogens is 192 g/mol. The van der Waals surface area contributed by atoms with Crippen molar-refractivity contribution in [2.45, 2.75) is 13.0 Å². The van der Waals surface area contributed by atoms with Gasteiger partial charge in [-0.3, -0.25) is 0 Å². The van der Waals surface area contributed by atoms with Gasteiger partial charge in [-0.25, -0.2) is 0 Å². The first-order valence-corrected chi connectivity index (χ1v) is 5.05. The fourth-order valence-electron chi connectivity index (χ4n) is 2.02. The van der Waals surface area contributed by atoms with E-state index >= 15 is 0 Å². The number of fused-ring (bicyclic) bond motifs is 2. The monoisotopic (exact) mass is 204 g/mol. The van der Waals surface area contributed by atoms with Gasteiger partial charge in [0.1, 0.15) is 0 Å². The molecule has 0 aromatic heterocycles. The van der Waals surface area contributed by atoms with Gasteiger partial charge < -0.3 is 14.6 Å². The summed E-state index contributed by atoms with van der Waals surface area (Å²) in [6.45, 7) is 2.27. The third-order valence-electron chi connectivity index (χ3n) is 2.97. The van der Waals surface area contributed by atoms with Gasteiger partial charge in [0.2, 0.25) is 6.79 Å². The van der Waals surface area contributed by atoms with E-state index in [4.69, 9.17) is 9.47 Å². The number of hydrogen-bond donors (Lipinski definition) is 1. The van der Waals surface area contributed by atoms with Gasteiger partial charge in [-0.2, -0.15) is 0 Å². The van der Waals surface area contributed by atoms with Crippen molar-refractivity contribution in [2.24, 2.45) is 5.92 Å². The van der Waals surface area contributed by atoms with Crippen LogP contribution in [0.5, 0.6) is 11.5 Å². The molecule has 0 saturated heterocycles. The second-order valence-corrected chi connectivity index (χ2v) is 4.00. The molecule has 0 fully saturated rings. The van der Waals surface area contributed by atoms with Crippen molar-refractivity contribution in [1.82, 2.24) is 0 Å². The molecule has 2 atom stereocenters. The van der Waals surface area contributed by atoms with Gasteiger partial charge in [0, 0.05) is 5.92 Å². The van der Waals surface area contributed by atoms with Crippen LogP contribution in [0, 0.1) is 5.92 Å². The lowest BCUT2D eigenvalue weighted by molar-refractivity contribution is 0.137. The highest BCUT2D eigenvalue weighted by Gasteiger charge is 2.24. The highest BCUT2D eigenvalue weighted by atomic mass is 16.7. The molecule has 0 amide bonds. The zero-order valence-electron chi connectivity index (χ0n) is 8.43. The molecular formula is C12H12O3. The summed E-state index contributed by atoms with van der Waals surface area (Å²) in [6.07, 6.45) is 3.59. The van der Waals surface area contributed by atoms with Gasteiger partial charge in [0.25, 0.3) is 0 Å². The maximum Gasteiger partial charge on any atom is 0.231 e. The number of ether oxygens (including phenoxy) is 2. The summed E-state index contributed by atoms with van der Waals surface area (Å²) in [5.41, 5.74) is 1.94. The molecule has 3 nitrogen and oxygen atoms in total. The van der Waals surface area contributed by atoms with Crippen molar-refractivity contribution >= 4 is 6.08 Å². The third kappa shape index (κ3) is 1.23. The van der Waals surface area contributed by atoms with E-state index in [9.17, 15) is 5.11 Å². The minimum atomic E-state index is -0.445. The van der Waals surface area contributed by atoms with Crippen LogP contribution in [0.2, 0.25) is 0 Å². The van der Waals surface area contributed by atoms with Gasteiger partial charge >= 0.3 is 0 Å². The van der Waals surface area contributed by atoms with E-state index in [0.29, 0.717) is 0 Å². The molecule has 0 radical (unpaired) electrons. The van der Waals surface area contributed by atoms with Crippen molar-refractivity contribution in [3.05, 3.63) is 29.3 Å². The molecule has 0 saturated carbocycles. The first-order chi connectivity index (χ1) is 7.25. The van der Waals surface area contributed by atoms with Crippen LogP contribution in [-0.2, 0) is 0 Å². The molecule has 1 aliphatic heterocycles. The fraction of sp³-hybridized carbons (Fsp3) is 0.333. The second kappa shape index (κ2) is 3.00. The SMILES string of the molecule is C[C@@H]1C=Cc2cc3c(cc2[C@@H]1O)OCO3. The summed E-state index contributed by atoms with van der Waals surface area (Å²) in [6, 6.07) is 3.80. The van der Waals surface area contributed by atoms with E-state index in [-0.39, 0.29) is 12.7 Å². The Morgan fingerprint density at radius 2 is 2.00 bits per heavy atom. The van der Waals surface area contributed by atoms with Crippen molar-refractivity contribution in [2.75, 3.05) is 6.79 Å². The lowest BCUT2D eigenvalue weighted by Gasteiger charge is -2.22. The average molecular weight is 204 g/mol. The number of hydrogen-bond acceptors (Lipinski definition) is 3. The summed E-state index contributed by atoms with van der Waals surface area (Å²) in [5.74, 6) is 1.65. The van der Waals surface area contributed by atoms with Crippen LogP contribution in [0.25, 0.3) is 6.08 Å². The predicted molar refractivity (Wildman–Crippen MR) is 55.7 cm³/mol. The van der Waals surface area contributed by atoms with Crippen LogP contribution in [0.1, 0.15) is 24.2 Å². The van der Waals surface area contributed by atoms with Crippen molar-refractivity contribution in [3.63, 3.8) is 0 Å². The van der Waals surface area contributed by atoms with E-state index in [1.54, 1.807) is 0 Å². The molecule has 15 heavy (non-hydrogen) atoms. The molecule has 3 heteroatoms. The van der Waals surface area contributed by atoms with E-state index in [1.165, 1.54) is 0 Å². The molecule has 1 aromatic rings. The molecule has 0 spiro atoms. The maximum absolute atomic E-state index is 10.0. The third-order valence-corrected chi connectivity index (χ3v) is 2.97. The standard InChI is InChI=1S/C12H12O3/c1-7-2-3-8-4-10-11(15-6-14-10)5-9(8)12(7)13/h2-5,7,12-13H,6H2,1H3/t7-,12-/m1/s1. The Balaban J connectivity index is 2.15. The lowest BCUT2D eigenvalue weighted by atomic mass is 9.88. The van der Waals surface area contributed by atoms with E-state index in [2.05, 4.69) is 0 Å². The second-order valence-electron chi connectivity index (χ2n) is 4.00. The Morgan fingerprint density at radius 1 is 1.27 bits per heavy atom. The van der Waals surface area contributed by atoms with Crippen LogP contribution in [0.4, 0.5) is 0 Å². The van der Waals surface area contributed by atoms with Crippen molar-refractivity contribution < 1.29 is 14.6 Å². The summed E-state index contributed by atoms with van der Waals surface area (Å²) in [7, 11) is 0. The molecule has 1 aromatic carbocycles. The Labute approximate surface area is 87.9 Å². The fourth-order valence-corrected chi connectivity index (χ4v) is 2.02. The first-order valence-electron chi connectivity index (χ1n) is 5.05. The van der Waals surface area contributed by atoms with Crippen LogP contribution in [-0.4, -0.2) is 11.9 Å². The van der Waals surface area contributed by atoms with Gasteiger partial charge in [0.05, 0.1) is 6.10 Å². The summed E-state index contributed by atoms with van der Waals surface area (Å²) < 4.78 is 10.6. The summed E-state index contributed by atoms with van der Waals surface area (Å²) in [4.78, 5) is 0. The van der Waals surface area contributed by atoms with Crippen LogP contribution < -0.4 is 9.47 Å². The van der Waals surface area contributed by atoms with Gasteiger partial charge in [0.15, 0.2) is 11.5 Å². The van der Waals surface area contributed by atoms with Gasteiger partial charge in [-0.05, 0) is 23.3 Å².